The summed E-state index contributed by atoms with van der Waals surface area (Å²) in [6.07, 6.45) is 0.975. The molecule has 0 aromatic heterocycles. The molecule has 0 saturated carbocycles. The number of benzene rings is 1. The van der Waals surface area contributed by atoms with E-state index in [0.29, 0.717) is 17.7 Å². The molecule has 1 heterocycles. The van der Waals surface area contributed by atoms with Crippen LogP contribution < -0.4 is 10.1 Å². The summed E-state index contributed by atoms with van der Waals surface area (Å²) in [5, 5.41) is 3.94. The first-order valence-electron chi connectivity index (χ1n) is 4.52. The molecule has 1 aromatic rings. The largest absolute Gasteiger partial charge is 0.492 e. The predicted octanol–water partition coefficient (Wildman–Crippen LogP) is 3.15. The maximum Gasteiger partial charge on any atom is 0.143 e. The zero-order valence-electron chi connectivity index (χ0n) is 7.81. The van der Waals surface area contributed by atoms with Crippen LogP contribution in [-0.4, -0.2) is 13.7 Å². The maximum absolute atomic E-state index is 6.06. The molecular formula is C10H11BrClNO. The van der Waals surface area contributed by atoms with Gasteiger partial charge in [-0.05, 0) is 19.2 Å². The third-order valence-electron chi connectivity index (χ3n) is 2.44. The van der Waals surface area contributed by atoms with Gasteiger partial charge in [0.15, 0.2) is 0 Å². The van der Waals surface area contributed by atoms with Gasteiger partial charge in [0.25, 0.3) is 0 Å². The molecule has 1 aliphatic heterocycles. The van der Waals surface area contributed by atoms with Gasteiger partial charge in [0.2, 0.25) is 0 Å². The SMILES string of the molecule is CNC1CCOc2c(Cl)ccc(Br)c21. The summed E-state index contributed by atoms with van der Waals surface area (Å²) >= 11 is 9.58. The quantitative estimate of drug-likeness (QED) is 0.851. The molecule has 2 rings (SSSR count). The lowest BCUT2D eigenvalue weighted by Crippen LogP contribution is -2.24. The Kier molecular flexibility index (Phi) is 3.00. The Balaban J connectivity index is 2.55. The molecule has 76 valence electrons. The number of hydrogen-bond acceptors (Lipinski definition) is 2. The molecule has 4 heteroatoms. The number of rotatable bonds is 1. The Morgan fingerprint density at radius 1 is 1.57 bits per heavy atom. The van der Waals surface area contributed by atoms with Crippen LogP contribution in [0.4, 0.5) is 0 Å². The van der Waals surface area contributed by atoms with Gasteiger partial charge in [0.05, 0.1) is 11.6 Å². The van der Waals surface area contributed by atoms with Gasteiger partial charge in [-0.3, -0.25) is 0 Å². The van der Waals surface area contributed by atoms with E-state index in [0.717, 1.165) is 22.2 Å². The van der Waals surface area contributed by atoms with E-state index in [-0.39, 0.29) is 0 Å². The Bertz CT molecular complexity index is 356. The number of fused-ring (bicyclic) bond motifs is 1. The van der Waals surface area contributed by atoms with Crippen LogP contribution in [0.1, 0.15) is 18.0 Å². The van der Waals surface area contributed by atoms with Gasteiger partial charge in [-0.1, -0.05) is 27.5 Å². The topological polar surface area (TPSA) is 21.3 Å². The Morgan fingerprint density at radius 2 is 2.36 bits per heavy atom. The summed E-state index contributed by atoms with van der Waals surface area (Å²) < 4.78 is 6.62. The average Bonchev–Trinajstić information content (AvgIpc) is 2.23. The van der Waals surface area contributed by atoms with E-state index >= 15 is 0 Å². The maximum atomic E-state index is 6.06. The van der Waals surface area contributed by atoms with E-state index < -0.39 is 0 Å². The molecule has 14 heavy (non-hydrogen) atoms. The molecule has 1 aromatic carbocycles. The summed E-state index contributed by atoms with van der Waals surface area (Å²) in [7, 11) is 1.95. The van der Waals surface area contributed by atoms with Crippen molar-refractivity contribution in [1.29, 1.82) is 0 Å². The molecule has 0 saturated heterocycles. The number of ether oxygens (including phenoxy) is 1. The molecule has 1 atom stereocenters. The second-order valence-corrected chi connectivity index (χ2v) is 4.51. The van der Waals surface area contributed by atoms with Crippen LogP contribution in [0.2, 0.25) is 5.02 Å². The minimum Gasteiger partial charge on any atom is -0.492 e. The first-order valence-corrected chi connectivity index (χ1v) is 5.69. The monoisotopic (exact) mass is 275 g/mol. The van der Waals surface area contributed by atoms with E-state index in [1.54, 1.807) is 0 Å². The van der Waals surface area contributed by atoms with Gasteiger partial charge in [-0.2, -0.15) is 0 Å². The molecule has 0 spiro atoms. The summed E-state index contributed by atoms with van der Waals surface area (Å²) in [5.74, 6) is 0.812. The zero-order chi connectivity index (χ0) is 10.1. The van der Waals surface area contributed by atoms with Crippen molar-refractivity contribution in [3.05, 3.63) is 27.2 Å². The van der Waals surface area contributed by atoms with Gasteiger partial charge in [-0.15, -0.1) is 0 Å². The van der Waals surface area contributed by atoms with Gasteiger partial charge < -0.3 is 10.1 Å². The van der Waals surface area contributed by atoms with Crippen LogP contribution >= 0.6 is 27.5 Å². The number of hydrogen-bond donors (Lipinski definition) is 1. The van der Waals surface area contributed by atoms with E-state index in [2.05, 4.69) is 21.2 Å². The third kappa shape index (κ3) is 1.64. The molecule has 0 aliphatic carbocycles. The predicted molar refractivity (Wildman–Crippen MR) is 61.1 cm³/mol. The van der Waals surface area contributed by atoms with Gasteiger partial charge in [0, 0.05) is 22.5 Å². The van der Waals surface area contributed by atoms with Crippen LogP contribution in [0.3, 0.4) is 0 Å². The Hall–Kier alpha value is -0.250. The molecule has 0 amide bonds. The lowest BCUT2D eigenvalue weighted by Gasteiger charge is -2.27. The Labute approximate surface area is 96.7 Å². The fourth-order valence-corrected chi connectivity index (χ4v) is 2.54. The van der Waals surface area contributed by atoms with Crippen molar-refractivity contribution in [1.82, 2.24) is 5.32 Å². The van der Waals surface area contributed by atoms with Crippen molar-refractivity contribution in [3.63, 3.8) is 0 Å². The van der Waals surface area contributed by atoms with Crippen LogP contribution in [-0.2, 0) is 0 Å². The molecule has 0 radical (unpaired) electrons. The molecule has 1 N–H and O–H groups in total. The van der Waals surface area contributed by atoms with Crippen molar-refractivity contribution in [2.45, 2.75) is 12.5 Å². The summed E-state index contributed by atoms with van der Waals surface area (Å²) in [4.78, 5) is 0. The molecule has 1 aliphatic rings. The van der Waals surface area contributed by atoms with Crippen molar-refractivity contribution < 1.29 is 4.74 Å². The second kappa shape index (κ2) is 4.09. The van der Waals surface area contributed by atoms with Crippen molar-refractivity contribution in [3.8, 4) is 5.75 Å². The van der Waals surface area contributed by atoms with E-state index in [4.69, 9.17) is 16.3 Å². The first-order chi connectivity index (χ1) is 6.74. The van der Waals surface area contributed by atoms with Gasteiger partial charge >= 0.3 is 0 Å². The highest BCUT2D eigenvalue weighted by atomic mass is 79.9. The minimum absolute atomic E-state index is 0.326. The average molecular weight is 277 g/mol. The zero-order valence-corrected chi connectivity index (χ0v) is 10.2. The highest BCUT2D eigenvalue weighted by Gasteiger charge is 2.24. The number of nitrogens with one attached hydrogen (secondary N) is 1. The smallest absolute Gasteiger partial charge is 0.143 e. The van der Waals surface area contributed by atoms with Crippen LogP contribution in [0.5, 0.6) is 5.75 Å². The normalized spacial score (nSPS) is 20.1. The standard InChI is InChI=1S/C10H11BrClNO/c1-13-8-4-5-14-10-7(12)3-2-6(11)9(8)10/h2-3,8,13H,4-5H2,1H3. The fraction of sp³-hybridized carbons (Fsp3) is 0.400. The molecule has 2 nitrogen and oxygen atoms in total. The summed E-state index contributed by atoms with van der Waals surface area (Å²) in [6, 6.07) is 4.13. The van der Waals surface area contributed by atoms with Crippen LogP contribution in [0.25, 0.3) is 0 Å². The number of halogens is 2. The van der Waals surface area contributed by atoms with Crippen LogP contribution in [0.15, 0.2) is 16.6 Å². The highest BCUT2D eigenvalue weighted by molar-refractivity contribution is 9.10. The Morgan fingerprint density at radius 3 is 3.07 bits per heavy atom. The van der Waals surface area contributed by atoms with Crippen LogP contribution in [0, 0.1) is 0 Å². The van der Waals surface area contributed by atoms with E-state index in [9.17, 15) is 0 Å². The van der Waals surface area contributed by atoms with Gasteiger partial charge in [0.1, 0.15) is 5.75 Å². The van der Waals surface area contributed by atoms with Crippen molar-refractivity contribution in [2.24, 2.45) is 0 Å². The molecule has 0 bridgehead atoms. The molecule has 0 fully saturated rings. The third-order valence-corrected chi connectivity index (χ3v) is 3.43. The summed E-state index contributed by atoms with van der Waals surface area (Å²) in [5.41, 5.74) is 1.13. The fourth-order valence-electron chi connectivity index (χ4n) is 1.73. The van der Waals surface area contributed by atoms with Crippen molar-refractivity contribution >= 4 is 27.5 Å². The lowest BCUT2D eigenvalue weighted by atomic mass is 10.0. The minimum atomic E-state index is 0.326. The highest BCUT2D eigenvalue weighted by Crippen LogP contribution is 2.41. The van der Waals surface area contributed by atoms with Crippen molar-refractivity contribution in [2.75, 3.05) is 13.7 Å². The summed E-state index contributed by atoms with van der Waals surface area (Å²) in [6.45, 7) is 0.717. The second-order valence-electron chi connectivity index (χ2n) is 3.25. The van der Waals surface area contributed by atoms with E-state index in [1.807, 2.05) is 19.2 Å². The molecular weight excluding hydrogens is 265 g/mol. The van der Waals surface area contributed by atoms with Gasteiger partial charge in [-0.25, -0.2) is 0 Å². The lowest BCUT2D eigenvalue weighted by molar-refractivity contribution is 0.257. The first kappa shape index (κ1) is 10.3. The molecule has 1 unspecified atom stereocenters. The van der Waals surface area contributed by atoms with E-state index in [1.165, 1.54) is 0 Å².